The van der Waals surface area contributed by atoms with E-state index < -0.39 is 25.5 Å². The zero-order valence-electron chi connectivity index (χ0n) is 39.5. The summed E-state index contributed by atoms with van der Waals surface area (Å²) in [6, 6.07) is 36.1. The maximum absolute atomic E-state index is 8.55. The van der Waals surface area contributed by atoms with Crippen LogP contribution in [0.2, 0.25) is 0 Å². The fraction of sp³-hybridized carbons (Fsp3) is 0.271. The molecule has 0 N–H and O–H groups in total. The third kappa shape index (κ3) is 7.97. The van der Waals surface area contributed by atoms with Crippen molar-refractivity contribution in [1.82, 2.24) is 19.5 Å². The minimum Gasteiger partial charge on any atom is -0.486 e. The third-order valence-corrected chi connectivity index (χ3v) is 9.01. The van der Waals surface area contributed by atoms with Crippen molar-refractivity contribution in [1.29, 1.82) is 0 Å². The molecule has 0 bridgehead atoms. The molecule has 0 amide bonds. The zero-order chi connectivity index (χ0) is 44.2. The van der Waals surface area contributed by atoms with E-state index in [4.69, 9.17) is 20.4 Å². The molecule has 0 aliphatic heterocycles. The van der Waals surface area contributed by atoms with Gasteiger partial charge in [-0.3, -0.25) is 4.98 Å². The van der Waals surface area contributed by atoms with Crippen molar-refractivity contribution < 1.29 is 35.5 Å². The predicted molar refractivity (Wildman–Crippen MR) is 220 cm³/mol. The third-order valence-electron chi connectivity index (χ3n) is 9.01. The molecule has 0 fully saturated rings. The van der Waals surface area contributed by atoms with Crippen LogP contribution in [0.15, 0.2) is 108 Å². The molecule has 0 aliphatic carbocycles. The summed E-state index contributed by atoms with van der Waals surface area (Å²) >= 11 is 0. The quantitative estimate of drug-likeness (QED) is 0.156. The number of nitrogens with zero attached hydrogens (tertiary/aromatic N) is 4. The average molecular weight is 897 g/mol. The Morgan fingerprint density at radius 2 is 1.61 bits per heavy atom. The number of aromatic nitrogens is 4. The second-order valence-corrected chi connectivity index (χ2v) is 14.9. The number of furan rings is 1. The minimum atomic E-state index is -2.32. The number of imidazole rings is 1. The molecule has 6 heteroatoms. The molecule has 54 heavy (non-hydrogen) atoms. The summed E-state index contributed by atoms with van der Waals surface area (Å²) in [7, 11) is 0. The van der Waals surface area contributed by atoms with E-state index in [1.807, 2.05) is 51.1 Å². The van der Waals surface area contributed by atoms with Gasteiger partial charge in [0.15, 0.2) is 0 Å². The van der Waals surface area contributed by atoms with E-state index in [1.54, 1.807) is 42.6 Å². The maximum Gasteiger partial charge on any atom is 0.216 e. The van der Waals surface area contributed by atoms with Crippen LogP contribution in [0.25, 0.3) is 61.4 Å². The fourth-order valence-electron chi connectivity index (χ4n) is 6.66. The number of benzene rings is 4. The second kappa shape index (κ2) is 15.8. The Kier molecular flexibility index (Phi) is 8.64. The normalized spacial score (nSPS) is 14.6. The SMILES string of the molecule is [2H]C([2H])([2H])c1c[c-]c(-c2nc3ccccc3n2-c2c(C(C)C)cccc2C(C)C)cc1.[2H]C([2H])([2H])c1ccc2c(n1)oc1c(-c3cc(C([2H])([2H])C(C)(C)C)ccn3)[c-]ccc12.[Ir]. The fourth-order valence-corrected chi connectivity index (χ4v) is 6.66. The van der Waals surface area contributed by atoms with Crippen LogP contribution in [0.3, 0.4) is 0 Å². The Labute approximate surface area is 344 Å². The number of para-hydroxylation sites is 3. The van der Waals surface area contributed by atoms with Gasteiger partial charge in [-0.15, -0.1) is 53.6 Å². The summed E-state index contributed by atoms with van der Waals surface area (Å²) in [4.78, 5) is 13.5. The van der Waals surface area contributed by atoms with Crippen molar-refractivity contribution in [3.8, 4) is 28.3 Å². The molecule has 0 atom stereocenters. The first kappa shape index (κ1) is 29.5. The van der Waals surface area contributed by atoms with Gasteiger partial charge in [0.25, 0.3) is 0 Å². The van der Waals surface area contributed by atoms with E-state index in [1.165, 1.54) is 17.2 Å². The van der Waals surface area contributed by atoms with Gasteiger partial charge in [-0.25, -0.2) is 4.98 Å². The van der Waals surface area contributed by atoms with Gasteiger partial charge in [-0.2, -0.15) is 0 Å². The molecule has 277 valence electrons. The molecule has 0 saturated carbocycles. The Bertz CT molecular complexity index is 2840. The van der Waals surface area contributed by atoms with E-state index in [0.717, 1.165) is 33.5 Å². The van der Waals surface area contributed by atoms with Gasteiger partial charge in [0.2, 0.25) is 5.71 Å². The van der Waals surface area contributed by atoms with Crippen molar-refractivity contribution in [2.24, 2.45) is 5.41 Å². The number of pyridine rings is 2. The molecule has 0 spiro atoms. The van der Waals surface area contributed by atoms with E-state index in [2.05, 4.69) is 78.6 Å². The molecule has 0 aliphatic rings. The van der Waals surface area contributed by atoms with Gasteiger partial charge < -0.3 is 14.0 Å². The monoisotopic (exact) mass is 897 g/mol. The first-order valence-electron chi connectivity index (χ1n) is 21.9. The van der Waals surface area contributed by atoms with Gasteiger partial charge >= 0.3 is 0 Å². The van der Waals surface area contributed by atoms with E-state index in [9.17, 15) is 0 Å². The minimum absolute atomic E-state index is 0. The Morgan fingerprint density at radius 1 is 0.833 bits per heavy atom. The Morgan fingerprint density at radius 3 is 2.30 bits per heavy atom. The average Bonchev–Trinajstić information content (AvgIpc) is 3.78. The first-order valence-corrected chi connectivity index (χ1v) is 17.9. The molecule has 5 nitrogen and oxygen atoms in total. The zero-order valence-corrected chi connectivity index (χ0v) is 33.9. The second-order valence-electron chi connectivity index (χ2n) is 14.9. The van der Waals surface area contributed by atoms with Crippen molar-refractivity contribution in [2.45, 2.75) is 80.4 Å². The molecule has 0 unspecified atom stereocenters. The predicted octanol–water partition coefficient (Wildman–Crippen LogP) is 12.8. The summed E-state index contributed by atoms with van der Waals surface area (Å²) in [5.41, 5.74) is 8.38. The number of fused-ring (bicyclic) bond motifs is 4. The molecule has 1 radical (unpaired) electrons. The standard InChI is InChI=1S/C26H27N2.C22H21N2O.Ir/c1-17(2)21-9-8-10-22(18(3)4)25(21)28-24-12-7-6-11-23(24)27-26(28)20-15-13-19(5)14-16-20;1-14-8-9-17-16-6-5-7-18(20(16)25-21(17)24-14)19-12-15(10-11-23-19)13-22(2,3)4;/h6-15,17-18H,1-5H3;5-6,8-12H,13H2,1-4H3;/q2*-1;/i5D3;1D3,13D2;. The van der Waals surface area contributed by atoms with Gasteiger partial charge in [0.05, 0.1) is 22.4 Å². The first-order chi connectivity index (χ1) is 28.6. The molecule has 0 saturated heterocycles. The van der Waals surface area contributed by atoms with Crippen LogP contribution in [0.4, 0.5) is 0 Å². The van der Waals surface area contributed by atoms with Crippen LogP contribution in [0, 0.1) is 31.3 Å². The molecule has 8 rings (SSSR count). The van der Waals surface area contributed by atoms with E-state index in [-0.39, 0.29) is 37.1 Å². The van der Waals surface area contributed by atoms with Crippen molar-refractivity contribution in [2.75, 3.05) is 0 Å². The molecule has 4 aromatic heterocycles. The van der Waals surface area contributed by atoms with Gasteiger partial charge in [0.1, 0.15) is 0 Å². The summed E-state index contributed by atoms with van der Waals surface area (Å²) in [5.74, 6) is 1.45. The molecule has 8 aromatic rings. The summed E-state index contributed by atoms with van der Waals surface area (Å²) < 4.78 is 70.9. The van der Waals surface area contributed by atoms with Crippen LogP contribution in [-0.2, 0) is 26.5 Å². The van der Waals surface area contributed by atoms with Crippen molar-refractivity contribution in [3.63, 3.8) is 0 Å². The van der Waals surface area contributed by atoms with Crippen LogP contribution in [0.1, 0.15) is 99.2 Å². The summed E-state index contributed by atoms with van der Waals surface area (Å²) in [6.45, 7) is 9.92. The maximum atomic E-state index is 8.55. The molecular formula is C48H48IrN4O-2. The molecule has 4 heterocycles. The Hall–Kier alpha value is -4.90. The van der Waals surface area contributed by atoms with Crippen LogP contribution >= 0.6 is 0 Å². The van der Waals surface area contributed by atoms with Gasteiger partial charge in [0, 0.05) is 54.0 Å². The van der Waals surface area contributed by atoms with Crippen LogP contribution in [-0.4, -0.2) is 19.5 Å². The number of hydrogen-bond acceptors (Lipinski definition) is 4. The summed E-state index contributed by atoms with van der Waals surface area (Å²) in [5, 5.41) is 1.48. The van der Waals surface area contributed by atoms with Crippen LogP contribution in [0.5, 0.6) is 0 Å². The smallest absolute Gasteiger partial charge is 0.216 e. The van der Waals surface area contributed by atoms with E-state index >= 15 is 0 Å². The summed E-state index contributed by atoms with van der Waals surface area (Å²) in [6.07, 6.45) is 0.0111. The molecular weight excluding hydrogens is 841 g/mol. The largest absolute Gasteiger partial charge is 0.486 e. The Balaban J connectivity index is 0.000000204. The number of rotatable bonds is 6. The van der Waals surface area contributed by atoms with Gasteiger partial charge in [-0.1, -0.05) is 108 Å². The van der Waals surface area contributed by atoms with E-state index in [0.29, 0.717) is 39.6 Å². The van der Waals surface area contributed by atoms with Crippen LogP contribution < -0.4 is 0 Å². The van der Waals surface area contributed by atoms with Crippen molar-refractivity contribution in [3.05, 3.63) is 143 Å². The number of hydrogen-bond donors (Lipinski definition) is 0. The topological polar surface area (TPSA) is 56.7 Å². The number of aryl methyl sites for hydroxylation is 2. The molecule has 4 aromatic carbocycles. The van der Waals surface area contributed by atoms with Crippen molar-refractivity contribution >= 4 is 33.1 Å². The van der Waals surface area contributed by atoms with Gasteiger partial charge in [-0.05, 0) is 77.6 Å².